The fraction of sp³-hybridized carbons (Fsp3) is 0.133. The first-order chi connectivity index (χ1) is 9.99. The van der Waals surface area contributed by atoms with Crippen LogP contribution in [0.1, 0.15) is 15.9 Å². The number of benzene rings is 2. The Hall–Kier alpha value is -1.23. The minimum Gasteiger partial charge on any atom is -0.478 e. The summed E-state index contributed by atoms with van der Waals surface area (Å²) in [6.45, 7) is 0.568. The Morgan fingerprint density at radius 1 is 1.24 bits per heavy atom. The molecule has 0 saturated carbocycles. The van der Waals surface area contributed by atoms with Gasteiger partial charge in [-0.05, 0) is 52.2 Å². The number of aromatic carboxylic acids is 1. The molecule has 6 heteroatoms. The summed E-state index contributed by atoms with van der Waals surface area (Å²) in [5.74, 6) is -0.977. The van der Waals surface area contributed by atoms with Crippen molar-refractivity contribution in [3.05, 3.63) is 62.0 Å². The van der Waals surface area contributed by atoms with Crippen LogP contribution in [0.5, 0.6) is 0 Å². The highest BCUT2D eigenvalue weighted by molar-refractivity contribution is 9.10. The van der Waals surface area contributed by atoms with E-state index in [4.69, 9.17) is 23.2 Å². The molecule has 0 bridgehead atoms. The third-order valence-electron chi connectivity index (χ3n) is 2.95. The summed E-state index contributed by atoms with van der Waals surface area (Å²) in [5, 5.41) is 13.6. The molecule has 2 rings (SSSR count). The topological polar surface area (TPSA) is 49.3 Å². The zero-order valence-corrected chi connectivity index (χ0v) is 14.0. The van der Waals surface area contributed by atoms with Crippen molar-refractivity contribution >= 4 is 50.8 Å². The number of carbonyl (C=O) groups is 1. The second-order valence-electron chi connectivity index (χ2n) is 4.38. The van der Waals surface area contributed by atoms with Crippen molar-refractivity contribution in [2.24, 2.45) is 0 Å². The Kier molecular flexibility index (Phi) is 5.51. The van der Waals surface area contributed by atoms with E-state index >= 15 is 0 Å². The molecule has 0 unspecified atom stereocenters. The molecule has 2 aromatic carbocycles. The van der Waals surface area contributed by atoms with Gasteiger partial charge in [-0.25, -0.2) is 4.79 Å². The molecule has 2 N–H and O–H groups in total. The first kappa shape index (κ1) is 16.1. The van der Waals surface area contributed by atoms with E-state index in [2.05, 4.69) is 21.2 Å². The summed E-state index contributed by atoms with van der Waals surface area (Å²) in [7, 11) is 0. The minimum atomic E-state index is -0.977. The number of nitrogens with one attached hydrogen (secondary N) is 1. The lowest BCUT2D eigenvalue weighted by Gasteiger charge is -2.11. The molecule has 2 aromatic rings. The second-order valence-corrected chi connectivity index (χ2v) is 6.08. The Balaban J connectivity index is 2.07. The van der Waals surface area contributed by atoms with Crippen LogP contribution >= 0.6 is 39.1 Å². The van der Waals surface area contributed by atoms with Crippen molar-refractivity contribution in [1.82, 2.24) is 0 Å². The molecular formula is C15H12BrCl2NO2. The summed E-state index contributed by atoms with van der Waals surface area (Å²) >= 11 is 15.2. The Labute approximate surface area is 141 Å². The maximum absolute atomic E-state index is 11.3. The molecule has 0 aliphatic heterocycles. The Morgan fingerprint density at radius 2 is 2.00 bits per heavy atom. The summed E-state index contributed by atoms with van der Waals surface area (Å²) in [6.07, 6.45) is 0.668. The van der Waals surface area contributed by atoms with Gasteiger partial charge in [0.2, 0.25) is 0 Å². The molecule has 0 heterocycles. The highest BCUT2D eigenvalue weighted by Gasteiger charge is 2.13. The monoisotopic (exact) mass is 387 g/mol. The molecule has 0 spiro atoms. The number of rotatable bonds is 5. The Bertz CT molecular complexity index is 677. The average molecular weight is 389 g/mol. The summed E-state index contributed by atoms with van der Waals surface area (Å²) in [6, 6.07) is 10.6. The van der Waals surface area contributed by atoms with Crippen LogP contribution in [0, 0.1) is 0 Å². The second kappa shape index (κ2) is 7.16. The van der Waals surface area contributed by atoms with E-state index in [9.17, 15) is 9.90 Å². The molecule has 3 nitrogen and oxygen atoms in total. The predicted octanol–water partition coefficient (Wildman–Crippen LogP) is 5.11. The summed E-state index contributed by atoms with van der Waals surface area (Å²) < 4.78 is 0.546. The van der Waals surface area contributed by atoms with E-state index < -0.39 is 5.97 Å². The molecule has 0 aliphatic carbocycles. The number of carboxylic acid groups (broad SMARTS) is 1. The standard InChI is InChI=1S/C15H12BrCl2NO2/c16-11-2-1-3-13(14(11)15(20)21)19-7-6-9-4-5-10(17)8-12(9)18/h1-5,8,19H,6-7H2,(H,20,21). The van der Waals surface area contributed by atoms with Crippen LogP contribution in [0.3, 0.4) is 0 Å². The fourth-order valence-corrected chi connectivity index (χ4v) is 2.98. The average Bonchev–Trinajstić information content (AvgIpc) is 2.41. The van der Waals surface area contributed by atoms with E-state index in [1.165, 1.54) is 0 Å². The number of hydrogen-bond donors (Lipinski definition) is 2. The van der Waals surface area contributed by atoms with Crippen LogP contribution in [-0.4, -0.2) is 17.6 Å². The Morgan fingerprint density at radius 3 is 2.67 bits per heavy atom. The molecule has 0 aromatic heterocycles. The number of halogens is 3. The molecule has 0 fully saturated rings. The van der Waals surface area contributed by atoms with Crippen molar-refractivity contribution in [2.75, 3.05) is 11.9 Å². The van der Waals surface area contributed by atoms with Crippen molar-refractivity contribution in [2.45, 2.75) is 6.42 Å². The highest BCUT2D eigenvalue weighted by atomic mass is 79.9. The van der Waals surface area contributed by atoms with Crippen molar-refractivity contribution in [3.63, 3.8) is 0 Å². The van der Waals surface area contributed by atoms with Gasteiger partial charge in [-0.15, -0.1) is 0 Å². The lowest BCUT2D eigenvalue weighted by Crippen LogP contribution is -2.10. The molecular weight excluding hydrogens is 377 g/mol. The van der Waals surface area contributed by atoms with Crippen molar-refractivity contribution in [3.8, 4) is 0 Å². The quantitative estimate of drug-likeness (QED) is 0.748. The predicted molar refractivity (Wildman–Crippen MR) is 89.8 cm³/mol. The largest absolute Gasteiger partial charge is 0.478 e. The molecule has 0 radical (unpaired) electrons. The maximum atomic E-state index is 11.3. The fourth-order valence-electron chi connectivity index (χ4n) is 1.95. The van der Waals surface area contributed by atoms with Gasteiger partial charge in [-0.2, -0.15) is 0 Å². The molecule has 21 heavy (non-hydrogen) atoms. The minimum absolute atomic E-state index is 0.222. The zero-order valence-electron chi connectivity index (χ0n) is 10.9. The molecule has 0 aliphatic rings. The van der Waals surface area contributed by atoms with Gasteiger partial charge in [-0.1, -0.05) is 35.3 Å². The molecule has 0 saturated heterocycles. The van der Waals surface area contributed by atoms with E-state index in [-0.39, 0.29) is 5.56 Å². The third kappa shape index (κ3) is 4.13. The van der Waals surface area contributed by atoms with Gasteiger partial charge in [0.15, 0.2) is 0 Å². The number of anilines is 1. The molecule has 0 atom stereocenters. The summed E-state index contributed by atoms with van der Waals surface area (Å²) in [5.41, 5.74) is 1.75. The number of carboxylic acids is 1. The zero-order chi connectivity index (χ0) is 15.4. The van der Waals surface area contributed by atoms with E-state index in [0.717, 1.165) is 5.56 Å². The van der Waals surface area contributed by atoms with E-state index in [0.29, 0.717) is 33.2 Å². The third-order valence-corrected chi connectivity index (χ3v) is 4.20. The normalized spacial score (nSPS) is 10.4. The van der Waals surface area contributed by atoms with Gasteiger partial charge in [0.05, 0.1) is 5.56 Å². The lowest BCUT2D eigenvalue weighted by molar-refractivity contribution is 0.0697. The van der Waals surface area contributed by atoms with Gasteiger partial charge < -0.3 is 10.4 Å². The van der Waals surface area contributed by atoms with E-state index in [1.807, 2.05) is 6.07 Å². The van der Waals surface area contributed by atoms with Crippen molar-refractivity contribution < 1.29 is 9.90 Å². The van der Waals surface area contributed by atoms with Gasteiger partial charge in [0, 0.05) is 26.8 Å². The molecule has 0 amide bonds. The van der Waals surface area contributed by atoms with Crippen molar-refractivity contribution in [1.29, 1.82) is 0 Å². The van der Waals surface area contributed by atoms with E-state index in [1.54, 1.807) is 30.3 Å². The summed E-state index contributed by atoms with van der Waals surface area (Å²) in [4.78, 5) is 11.3. The van der Waals surface area contributed by atoms with Crippen LogP contribution in [0.4, 0.5) is 5.69 Å². The van der Waals surface area contributed by atoms with Gasteiger partial charge in [-0.3, -0.25) is 0 Å². The van der Waals surface area contributed by atoms with Crippen LogP contribution in [0.25, 0.3) is 0 Å². The van der Waals surface area contributed by atoms with Gasteiger partial charge in [0.25, 0.3) is 0 Å². The van der Waals surface area contributed by atoms with Crippen LogP contribution in [-0.2, 0) is 6.42 Å². The number of hydrogen-bond acceptors (Lipinski definition) is 2. The van der Waals surface area contributed by atoms with Crippen LogP contribution in [0.2, 0.25) is 10.0 Å². The van der Waals surface area contributed by atoms with Gasteiger partial charge in [0.1, 0.15) is 0 Å². The lowest BCUT2D eigenvalue weighted by atomic mass is 10.1. The first-order valence-electron chi connectivity index (χ1n) is 6.18. The smallest absolute Gasteiger partial charge is 0.338 e. The van der Waals surface area contributed by atoms with Crippen LogP contribution in [0.15, 0.2) is 40.9 Å². The van der Waals surface area contributed by atoms with Gasteiger partial charge >= 0.3 is 5.97 Å². The maximum Gasteiger partial charge on any atom is 0.338 e. The highest BCUT2D eigenvalue weighted by Crippen LogP contribution is 2.25. The molecule has 110 valence electrons. The SMILES string of the molecule is O=C(O)c1c(Br)cccc1NCCc1ccc(Cl)cc1Cl. The first-order valence-corrected chi connectivity index (χ1v) is 7.73. The van der Waals surface area contributed by atoms with Crippen LogP contribution < -0.4 is 5.32 Å².